The summed E-state index contributed by atoms with van der Waals surface area (Å²) in [4.78, 5) is 12.4. The molecule has 0 saturated heterocycles. The van der Waals surface area contributed by atoms with Gasteiger partial charge in [0.05, 0.1) is 17.9 Å². The molecular weight excluding hydrogens is 486 g/mol. The van der Waals surface area contributed by atoms with Crippen LogP contribution in [0.15, 0.2) is 12.2 Å². The highest BCUT2D eigenvalue weighted by atomic mass is 32.2. The van der Waals surface area contributed by atoms with E-state index in [0.717, 1.165) is 57.8 Å². The molecule has 0 fully saturated rings. The van der Waals surface area contributed by atoms with Gasteiger partial charge in [-0.25, -0.2) is 0 Å². The Morgan fingerprint density at radius 3 is 1.68 bits per heavy atom. The number of hydrogen-bond donors (Lipinski definition) is 3. The highest BCUT2D eigenvalue weighted by molar-refractivity contribution is 7.85. The zero-order valence-corrected chi connectivity index (χ0v) is 24.9. The molecule has 2 atom stereocenters. The van der Waals surface area contributed by atoms with E-state index >= 15 is 0 Å². The zero-order chi connectivity index (χ0) is 27.6. The summed E-state index contributed by atoms with van der Waals surface area (Å²) in [7, 11) is -4.29. The van der Waals surface area contributed by atoms with Crippen LogP contribution in [-0.4, -0.2) is 41.9 Å². The molecule has 0 aliphatic carbocycles. The van der Waals surface area contributed by atoms with E-state index in [2.05, 4.69) is 31.3 Å². The van der Waals surface area contributed by atoms with E-state index in [1.165, 1.54) is 70.6 Å². The number of allylic oxidation sites excluding steroid dienone is 2. The smallest absolute Gasteiger partial charge is 0.266 e. The summed E-state index contributed by atoms with van der Waals surface area (Å²) >= 11 is 0. The van der Waals surface area contributed by atoms with Gasteiger partial charge in [-0.1, -0.05) is 122 Å². The largest absolute Gasteiger partial charge is 0.391 e. The Labute approximate surface area is 229 Å². The molecule has 0 aliphatic heterocycles. The first-order chi connectivity index (χ1) is 17.8. The highest BCUT2D eigenvalue weighted by Crippen LogP contribution is 2.14. The van der Waals surface area contributed by atoms with Crippen molar-refractivity contribution in [3.63, 3.8) is 0 Å². The van der Waals surface area contributed by atoms with Crippen LogP contribution in [0.2, 0.25) is 0 Å². The fraction of sp³-hybridized carbons (Fsp3) is 0.900. The van der Waals surface area contributed by atoms with Crippen LogP contribution in [0.25, 0.3) is 0 Å². The molecule has 0 spiro atoms. The van der Waals surface area contributed by atoms with E-state index in [0.29, 0.717) is 12.8 Å². The average Bonchev–Trinajstić information content (AvgIpc) is 2.84. The van der Waals surface area contributed by atoms with Crippen molar-refractivity contribution in [3.05, 3.63) is 12.2 Å². The summed E-state index contributed by atoms with van der Waals surface area (Å²) in [5, 5.41) is 13.2. The monoisotopic (exact) mass is 545 g/mol. The summed E-state index contributed by atoms with van der Waals surface area (Å²) in [6.45, 7) is 4.44. The van der Waals surface area contributed by atoms with Gasteiger partial charge in [-0.15, -0.1) is 0 Å². The fourth-order valence-electron chi connectivity index (χ4n) is 4.62. The SMILES string of the molecule is CCCCC/C=C\CCCCCCCC(=O)NC(CS(=O)(=O)O)C(O)CCCCCCCCCCCC. The molecular formula is C30H59NO5S. The topological polar surface area (TPSA) is 104 Å². The molecule has 0 bridgehead atoms. The number of rotatable bonds is 27. The van der Waals surface area contributed by atoms with Crippen LogP contribution in [0.5, 0.6) is 0 Å². The standard InChI is InChI=1S/C30H59NO5S/c1-3-5-7-9-11-13-15-16-18-20-22-24-26-30(33)31-28(27-37(34,35)36)29(32)25-23-21-19-17-14-12-10-8-6-4-2/h11,13,28-29,32H,3-10,12,14-27H2,1-2H3,(H,31,33)(H,34,35,36)/b13-11-. The van der Waals surface area contributed by atoms with Crippen molar-refractivity contribution < 1.29 is 22.9 Å². The molecule has 2 unspecified atom stereocenters. The van der Waals surface area contributed by atoms with E-state index in [1.54, 1.807) is 0 Å². The number of carbonyl (C=O) groups excluding carboxylic acids is 1. The third-order valence-electron chi connectivity index (χ3n) is 6.97. The van der Waals surface area contributed by atoms with Gasteiger partial charge in [-0.05, 0) is 38.5 Å². The maximum absolute atomic E-state index is 12.4. The lowest BCUT2D eigenvalue weighted by molar-refractivity contribution is -0.122. The number of amides is 1. The van der Waals surface area contributed by atoms with Crippen LogP contribution in [0.3, 0.4) is 0 Å². The van der Waals surface area contributed by atoms with Crippen molar-refractivity contribution >= 4 is 16.0 Å². The van der Waals surface area contributed by atoms with Gasteiger partial charge in [0.1, 0.15) is 0 Å². The van der Waals surface area contributed by atoms with Gasteiger partial charge in [-0.3, -0.25) is 9.35 Å². The normalized spacial score (nSPS) is 13.7. The number of hydrogen-bond acceptors (Lipinski definition) is 4. The van der Waals surface area contributed by atoms with Gasteiger partial charge in [0.25, 0.3) is 10.1 Å². The van der Waals surface area contributed by atoms with E-state index in [1.807, 2.05) is 0 Å². The summed E-state index contributed by atoms with van der Waals surface area (Å²) < 4.78 is 32.2. The van der Waals surface area contributed by atoms with E-state index in [-0.39, 0.29) is 5.91 Å². The van der Waals surface area contributed by atoms with Crippen molar-refractivity contribution in [2.45, 2.75) is 167 Å². The maximum atomic E-state index is 12.4. The molecule has 3 N–H and O–H groups in total. The highest BCUT2D eigenvalue weighted by Gasteiger charge is 2.26. The third kappa shape index (κ3) is 26.5. The van der Waals surface area contributed by atoms with Crippen molar-refractivity contribution in [1.29, 1.82) is 0 Å². The summed E-state index contributed by atoms with van der Waals surface area (Å²) in [5.74, 6) is -0.908. The summed E-state index contributed by atoms with van der Waals surface area (Å²) in [6.07, 6.45) is 27.3. The number of aliphatic hydroxyl groups is 1. The lowest BCUT2D eigenvalue weighted by Crippen LogP contribution is -2.47. The molecule has 220 valence electrons. The Kier molecular flexibility index (Phi) is 24.7. The van der Waals surface area contributed by atoms with Gasteiger partial charge < -0.3 is 10.4 Å². The van der Waals surface area contributed by atoms with E-state index < -0.39 is 28.0 Å². The van der Waals surface area contributed by atoms with Crippen molar-refractivity contribution in [3.8, 4) is 0 Å². The van der Waals surface area contributed by atoms with Crippen molar-refractivity contribution in [1.82, 2.24) is 5.32 Å². The molecule has 0 saturated carbocycles. The summed E-state index contributed by atoms with van der Waals surface area (Å²) in [5.41, 5.74) is 0. The molecule has 0 aromatic carbocycles. The molecule has 0 rings (SSSR count). The Morgan fingerprint density at radius 1 is 0.703 bits per heavy atom. The van der Waals surface area contributed by atoms with Crippen LogP contribution >= 0.6 is 0 Å². The molecule has 6 nitrogen and oxygen atoms in total. The number of unbranched alkanes of at least 4 members (excludes halogenated alkanes) is 17. The predicted molar refractivity (Wildman–Crippen MR) is 156 cm³/mol. The van der Waals surface area contributed by atoms with Crippen molar-refractivity contribution in [2.75, 3.05) is 5.75 Å². The number of carbonyl (C=O) groups is 1. The quantitative estimate of drug-likeness (QED) is 0.0553. The van der Waals surface area contributed by atoms with Gasteiger partial charge in [0.15, 0.2) is 0 Å². The minimum absolute atomic E-state index is 0.259. The Balaban J connectivity index is 4.04. The van der Waals surface area contributed by atoms with E-state index in [4.69, 9.17) is 0 Å². The van der Waals surface area contributed by atoms with E-state index in [9.17, 15) is 22.9 Å². The van der Waals surface area contributed by atoms with Crippen LogP contribution < -0.4 is 5.32 Å². The van der Waals surface area contributed by atoms with Crippen LogP contribution in [-0.2, 0) is 14.9 Å². The number of aliphatic hydroxyl groups excluding tert-OH is 1. The molecule has 7 heteroatoms. The van der Waals surface area contributed by atoms with Crippen LogP contribution in [0.1, 0.15) is 155 Å². The molecule has 0 radical (unpaired) electrons. The Morgan fingerprint density at radius 2 is 1.14 bits per heavy atom. The second-order valence-electron chi connectivity index (χ2n) is 10.7. The Bertz CT molecular complexity index is 650. The minimum Gasteiger partial charge on any atom is -0.391 e. The fourth-order valence-corrected chi connectivity index (χ4v) is 5.38. The summed E-state index contributed by atoms with van der Waals surface area (Å²) in [6, 6.07) is -0.967. The van der Waals surface area contributed by atoms with Crippen molar-refractivity contribution in [2.24, 2.45) is 0 Å². The Hall–Kier alpha value is -0.920. The zero-order valence-electron chi connectivity index (χ0n) is 24.1. The lowest BCUT2D eigenvalue weighted by Gasteiger charge is -2.23. The average molecular weight is 546 g/mol. The second kappa shape index (κ2) is 25.4. The molecule has 1 amide bonds. The lowest BCUT2D eigenvalue weighted by atomic mass is 10.0. The molecule has 0 aromatic rings. The van der Waals surface area contributed by atoms with Gasteiger partial charge >= 0.3 is 0 Å². The molecule has 0 heterocycles. The van der Waals surface area contributed by atoms with Crippen LogP contribution in [0, 0.1) is 0 Å². The molecule has 37 heavy (non-hydrogen) atoms. The predicted octanol–water partition coefficient (Wildman–Crippen LogP) is 7.90. The number of nitrogens with one attached hydrogen (secondary N) is 1. The second-order valence-corrected chi connectivity index (χ2v) is 12.2. The van der Waals surface area contributed by atoms with Gasteiger partial charge in [0.2, 0.25) is 5.91 Å². The van der Waals surface area contributed by atoms with Crippen LogP contribution in [0.4, 0.5) is 0 Å². The maximum Gasteiger partial charge on any atom is 0.266 e. The first kappa shape index (κ1) is 36.1. The minimum atomic E-state index is -4.29. The molecule has 0 aromatic heterocycles. The first-order valence-electron chi connectivity index (χ1n) is 15.4. The van der Waals surface area contributed by atoms with Gasteiger partial charge in [0, 0.05) is 6.42 Å². The third-order valence-corrected chi connectivity index (χ3v) is 7.75. The first-order valence-corrected chi connectivity index (χ1v) is 17.0. The molecule has 0 aliphatic rings. The van der Waals surface area contributed by atoms with Gasteiger partial charge in [-0.2, -0.15) is 8.42 Å².